The van der Waals surface area contributed by atoms with Crippen LogP contribution >= 0.6 is 0 Å². The van der Waals surface area contributed by atoms with Crippen LogP contribution in [-0.2, 0) is 9.47 Å². The molecule has 0 saturated carbocycles. The Bertz CT molecular complexity index is 22.8. The van der Waals surface area contributed by atoms with Gasteiger partial charge in [0.1, 0.15) is 6.79 Å². The summed E-state index contributed by atoms with van der Waals surface area (Å²) in [6, 6.07) is 0. The third-order valence-corrected chi connectivity index (χ3v) is 0.236. The molecule has 0 aliphatic carbocycles. The van der Waals surface area contributed by atoms with Gasteiger partial charge in [-0.15, -0.1) is 0 Å². The first kappa shape index (κ1) is 10.2. The van der Waals surface area contributed by atoms with Gasteiger partial charge in [-0.05, 0) is 0 Å². The van der Waals surface area contributed by atoms with E-state index < -0.39 is 0 Å². The second-order valence-corrected chi connectivity index (χ2v) is 0.695. The van der Waals surface area contributed by atoms with E-state index in [1.807, 2.05) is 0 Å². The van der Waals surface area contributed by atoms with Crippen molar-refractivity contribution in [1.29, 1.82) is 0 Å². The average molecular weight is 118 g/mol. The fourth-order valence-electron chi connectivity index (χ4n) is 0.118. The van der Waals surface area contributed by atoms with Crippen LogP contribution < -0.4 is 0 Å². The van der Waals surface area contributed by atoms with Crippen molar-refractivity contribution in [2.75, 3.05) is 21.0 Å². The Morgan fingerprint density at radius 1 is 1.33 bits per heavy atom. The van der Waals surface area contributed by atoms with E-state index in [4.69, 9.17) is 0 Å². The third kappa shape index (κ3) is 8.95. The maximum Gasteiger partial charge on any atom is 2.00 e. The molecule has 0 fully saturated rings. The molecule has 0 amide bonds. The van der Waals surface area contributed by atoms with Crippen LogP contribution in [0, 0.1) is 0 Å². The summed E-state index contributed by atoms with van der Waals surface area (Å²) in [6.07, 6.45) is 0. The van der Waals surface area contributed by atoms with Crippen LogP contribution in [0.15, 0.2) is 0 Å². The Kier molecular flexibility index (Phi) is 16.2. The van der Waals surface area contributed by atoms with Crippen molar-refractivity contribution in [3.05, 3.63) is 0 Å². The maximum absolute atomic E-state index is 4.47. The SMILES string of the molecule is COCOC.[Ca+2].[H-].[H-]. The molecule has 0 bridgehead atoms. The molecule has 0 spiro atoms. The van der Waals surface area contributed by atoms with Gasteiger partial charge in [-0.3, -0.25) is 0 Å². The summed E-state index contributed by atoms with van der Waals surface area (Å²) in [5, 5.41) is 0. The summed E-state index contributed by atoms with van der Waals surface area (Å²) in [6.45, 7) is 0.389. The Morgan fingerprint density at radius 3 is 1.67 bits per heavy atom. The molecule has 3 heteroatoms. The van der Waals surface area contributed by atoms with Gasteiger partial charge in [-0.25, -0.2) is 0 Å². The zero-order valence-electron chi connectivity index (χ0n) is 6.23. The van der Waals surface area contributed by atoms with Gasteiger partial charge in [0.15, 0.2) is 0 Å². The van der Waals surface area contributed by atoms with Crippen molar-refractivity contribution in [1.82, 2.24) is 0 Å². The minimum absolute atomic E-state index is 0. The molecule has 0 aromatic rings. The van der Waals surface area contributed by atoms with E-state index in [0.717, 1.165) is 0 Å². The fraction of sp³-hybridized carbons (Fsp3) is 1.00. The molecule has 0 saturated heterocycles. The molecule has 0 N–H and O–H groups in total. The zero-order chi connectivity index (χ0) is 4.12. The van der Waals surface area contributed by atoms with Crippen molar-refractivity contribution in [2.24, 2.45) is 0 Å². The van der Waals surface area contributed by atoms with Crippen molar-refractivity contribution >= 4 is 37.7 Å². The van der Waals surface area contributed by atoms with Gasteiger partial charge in [0.25, 0.3) is 0 Å². The number of hydrogen-bond acceptors (Lipinski definition) is 2. The topological polar surface area (TPSA) is 18.5 Å². The molecule has 0 aliphatic rings. The summed E-state index contributed by atoms with van der Waals surface area (Å²) in [4.78, 5) is 0. The van der Waals surface area contributed by atoms with Crippen LogP contribution in [0.4, 0.5) is 0 Å². The second kappa shape index (κ2) is 9.49. The molecule has 0 radical (unpaired) electrons. The normalized spacial score (nSPS) is 7.00. The van der Waals surface area contributed by atoms with Crippen LogP contribution in [-0.4, -0.2) is 58.8 Å². The molecule has 36 valence electrons. The largest absolute Gasteiger partial charge is 2.00 e. The van der Waals surface area contributed by atoms with E-state index in [-0.39, 0.29) is 40.6 Å². The van der Waals surface area contributed by atoms with Gasteiger partial charge in [0, 0.05) is 14.2 Å². The first-order chi connectivity index (χ1) is 2.41. The van der Waals surface area contributed by atoms with Gasteiger partial charge >= 0.3 is 37.7 Å². The van der Waals surface area contributed by atoms with Crippen LogP contribution in [0.25, 0.3) is 0 Å². The van der Waals surface area contributed by atoms with Gasteiger partial charge < -0.3 is 12.3 Å². The Labute approximate surface area is 70.8 Å². The summed E-state index contributed by atoms with van der Waals surface area (Å²) >= 11 is 0. The standard InChI is InChI=1S/C3H8O2.Ca.2H/c1-4-3-5-2;;;/h3H2,1-2H3;;;/q;+2;2*-1. The fourth-order valence-corrected chi connectivity index (χ4v) is 0.118. The van der Waals surface area contributed by atoms with Gasteiger partial charge in [0.05, 0.1) is 0 Å². The molecule has 0 unspecified atom stereocenters. The number of methoxy groups -OCH3 is 2. The molecule has 2 nitrogen and oxygen atoms in total. The molecule has 0 aromatic carbocycles. The van der Waals surface area contributed by atoms with Crippen LogP contribution in [0.2, 0.25) is 0 Å². The van der Waals surface area contributed by atoms with Gasteiger partial charge in [-0.1, -0.05) is 0 Å². The molecule has 0 rings (SSSR count). The zero-order valence-corrected chi connectivity index (χ0v) is 6.44. The minimum Gasteiger partial charge on any atom is -1.00 e. The van der Waals surface area contributed by atoms with E-state index in [0.29, 0.717) is 6.79 Å². The molecule has 0 aliphatic heterocycles. The molecular formula is C3H10CaO2. The predicted octanol–water partition coefficient (Wildman–Crippen LogP) is 0.0809. The van der Waals surface area contributed by atoms with Gasteiger partial charge in [0.2, 0.25) is 0 Å². The first-order valence-electron chi connectivity index (χ1n) is 1.39. The van der Waals surface area contributed by atoms with Crippen molar-refractivity contribution in [3.8, 4) is 0 Å². The van der Waals surface area contributed by atoms with E-state index in [1.165, 1.54) is 0 Å². The Balaban J connectivity index is -0.0000000267. The van der Waals surface area contributed by atoms with Gasteiger partial charge in [-0.2, -0.15) is 0 Å². The summed E-state index contributed by atoms with van der Waals surface area (Å²) in [7, 11) is 3.17. The average Bonchev–Trinajstić information content (AvgIpc) is 1.41. The first-order valence-corrected chi connectivity index (χ1v) is 1.39. The summed E-state index contributed by atoms with van der Waals surface area (Å²) in [5.74, 6) is 0. The van der Waals surface area contributed by atoms with Crippen molar-refractivity contribution in [3.63, 3.8) is 0 Å². The number of hydrogen-bond donors (Lipinski definition) is 0. The van der Waals surface area contributed by atoms with E-state index in [2.05, 4.69) is 9.47 Å². The molecule has 0 aromatic heterocycles. The van der Waals surface area contributed by atoms with Crippen LogP contribution in [0.1, 0.15) is 2.85 Å². The molecule has 0 atom stereocenters. The number of rotatable bonds is 2. The van der Waals surface area contributed by atoms with E-state index in [9.17, 15) is 0 Å². The maximum atomic E-state index is 4.47. The molecular weight excluding hydrogens is 108 g/mol. The monoisotopic (exact) mass is 118 g/mol. The third-order valence-electron chi connectivity index (χ3n) is 0.236. The predicted molar refractivity (Wildman–Crippen MR) is 26.9 cm³/mol. The molecule has 6 heavy (non-hydrogen) atoms. The Hall–Kier alpha value is 1.18. The number of ether oxygens (including phenoxy) is 2. The summed E-state index contributed by atoms with van der Waals surface area (Å²) < 4.78 is 8.94. The Morgan fingerprint density at radius 2 is 1.67 bits per heavy atom. The minimum atomic E-state index is 0. The molecule has 0 heterocycles. The van der Waals surface area contributed by atoms with Crippen LogP contribution in [0.3, 0.4) is 0 Å². The smallest absolute Gasteiger partial charge is 1.00 e. The van der Waals surface area contributed by atoms with Crippen molar-refractivity contribution in [2.45, 2.75) is 0 Å². The van der Waals surface area contributed by atoms with Crippen LogP contribution in [0.5, 0.6) is 0 Å². The van der Waals surface area contributed by atoms with E-state index >= 15 is 0 Å². The van der Waals surface area contributed by atoms with Crippen molar-refractivity contribution < 1.29 is 12.3 Å². The quantitative estimate of drug-likeness (QED) is 0.377. The summed E-state index contributed by atoms with van der Waals surface area (Å²) in [5.41, 5.74) is 0. The van der Waals surface area contributed by atoms with E-state index in [1.54, 1.807) is 14.2 Å². The second-order valence-electron chi connectivity index (χ2n) is 0.695.